The van der Waals surface area contributed by atoms with Gasteiger partial charge in [0.05, 0.1) is 12.7 Å². The van der Waals surface area contributed by atoms with E-state index in [-0.39, 0.29) is 31.1 Å². The number of amides is 3. The first-order valence-corrected chi connectivity index (χ1v) is 13.0. The van der Waals surface area contributed by atoms with Gasteiger partial charge < -0.3 is 29.7 Å². The zero-order valence-electron chi connectivity index (χ0n) is 22.1. The summed E-state index contributed by atoms with van der Waals surface area (Å²) in [5, 5.41) is 5.64. The van der Waals surface area contributed by atoms with Crippen LogP contribution in [0.15, 0.2) is 12.2 Å². The summed E-state index contributed by atoms with van der Waals surface area (Å²) in [7, 11) is 1.54. The number of carbonyl (C=O) groups is 4. The molecule has 0 aromatic heterocycles. The van der Waals surface area contributed by atoms with Gasteiger partial charge in [0.25, 0.3) is 0 Å². The summed E-state index contributed by atoms with van der Waals surface area (Å²) >= 11 is 0. The number of esters is 1. The minimum absolute atomic E-state index is 0.143. The van der Waals surface area contributed by atoms with E-state index in [1.807, 2.05) is 12.2 Å². The average molecular weight is 508 g/mol. The molecule has 202 valence electrons. The molecule has 3 rings (SSSR count). The average Bonchev–Trinajstić information content (AvgIpc) is 3.31. The number of rotatable bonds is 4. The molecule has 0 spiro atoms. The number of alkyl carbamates (subject to hydrolysis) is 1. The molecule has 5 atom stereocenters. The fourth-order valence-electron chi connectivity index (χ4n) is 4.93. The van der Waals surface area contributed by atoms with Gasteiger partial charge in [-0.1, -0.05) is 25.0 Å². The molecule has 3 amide bonds. The van der Waals surface area contributed by atoms with Crippen molar-refractivity contribution in [3.05, 3.63) is 12.2 Å². The molecule has 0 unspecified atom stereocenters. The molecule has 10 heteroatoms. The van der Waals surface area contributed by atoms with E-state index in [2.05, 4.69) is 10.6 Å². The molecule has 10 nitrogen and oxygen atoms in total. The van der Waals surface area contributed by atoms with E-state index < -0.39 is 41.2 Å². The topological polar surface area (TPSA) is 123 Å². The maximum atomic E-state index is 13.7. The van der Waals surface area contributed by atoms with Crippen LogP contribution in [0.2, 0.25) is 0 Å². The number of hydrogen-bond acceptors (Lipinski definition) is 7. The van der Waals surface area contributed by atoms with Gasteiger partial charge in [0.2, 0.25) is 11.8 Å². The number of methoxy groups -OCH3 is 1. The van der Waals surface area contributed by atoms with Crippen LogP contribution in [0.1, 0.15) is 72.6 Å². The van der Waals surface area contributed by atoms with Gasteiger partial charge in [-0.05, 0) is 53.4 Å². The van der Waals surface area contributed by atoms with Crippen molar-refractivity contribution in [1.29, 1.82) is 0 Å². The van der Waals surface area contributed by atoms with Crippen LogP contribution < -0.4 is 10.6 Å². The third kappa shape index (κ3) is 6.78. The number of nitrogens with zero attached hydrogens (tertiary/aromatic N) is 1. The van der Waals surface area contributed by atoms with Crippen molar-refractivity contribution in [2.75, 3.05) is 20.3 Å². The van der Waals surface area contributed by atoms with Crippen molar-refractivity contribution in [2.45, 2.75) is 102 Å². The van der Waals surface area contributed by atoms with Gasteiger partial charge in [-0.25, -0.2) is 9.59 Å². The quantitative estimate of drug-likeness (QED) is 0.443. The molecular formula is C26H41N3O7. The third-order valence-electron chi connectivity index (χ3n) is 6.90. The van der Waals surface area contributed by atoms with E-state index in [0.717, 1.165) is 25.7 Å². The highest BCUT2D eigenvalue weighted by Gasteiger charge is 2.62. The van der Waals surface area contributed by atoms with Crippen LogP contribution in [0, 0.1) is 5.92 Å². The van der Waals surface area contributed by atoms with Gasteiger partial charge in [0, 0.05) is 26.0 Å². The van der Waals surface area contributed by atoms with Crippen molar-refractivity contribution in [3.63, 3.8) is 0 Å². The van der Waals surface area contributed by atoms with Gasteiger partial charge >= 0.3 is 12.1 Å². The Hall–Kier alpha value is -2.62. The minimum Gasteiger partial charge on any atom is -0.464 e. The molecule has 2 N–H and O–H groups in total. The minimum atomic E-state index is -1.11. The van der Waals surface area contributed by atoms with E-state index in [4.69, 9.17) is 14.2 Å². The molecule has 0 aromatic carbocycles. The van der Waals surface area contributed by atoms with Crippen molar-refractivity contribution in [2.24, 2.45) is 5.92 Å². The summed E-state index contributed by atoms with van der Waals surface area (Å²) in [6, 6.07) is -1.66. The van der Waals surface area contributed by atoms with Crippen LogP contribution in [0.4, 0.5) is 4.79 Å². The summed E-state index contributed by atoms with van der Waals surface area (Å²) in [4.78, 5) is 54.0. The molecule has 2 heterocycles. The second-order valence-corrected chi connectivity index (χ2v) is 10.9. The van der Waals surface area contributed by atoms with Crippen LogP contribution in [0.5, 0.6) is 0 Å². The number of allylic oxidation sites excluding steroid dienone is 1. The molecule has 3 aliphatic rings. The highest BCUT2D eigenvalue weighted by molar-refractivity contribution is 5.96. The number of ether oxygens (including phenoxy) is 3. The highest BCUT2D eigenvalue weighted by atomic mass is 16.6. The smallest absolute Gasteiger partial charge is 0.408 e. The molecule has 36 heavy (non-hydrogen) atoms. The first kappa shape index (κ1) is 28.0. The number of nitrogens with one attached hydrogen (secondary N) is 2. The first-order chi connectivity index (χ1) is 17.0. The molecule has 0 aromatic rings. The SMILES string of the molecule is CCOC(=O)[C@@]12C[C@H]1/C=C\CCCCC[C@H](NC(=O)OC(C)(C)C)C(=O)N1C[C@H](OC)C[C@H]1C(=O)N2. The number of hydrogen-bond donors (Lipinski definition) is 2. The van der Waals surface area contributed by atoms with Crippen molar-refractivity contribution in [1.82, 2.24) is 15.5 Å². The molecule has 1 saturated heterocycles. The van der Waals surface area contributed by atoms with E-state index in [1.54, 1.807) is 27.7 Å². The maximum Gasteiger partial charge on any atom is 0.408 e. The molecule has 0 bridgehead atoms. The summed E-state index contributed by atoms with van der Waals surface area (Å²) in [6.45, 7) is 7.43. The monoisotopic (exact) mass is 507 g/mol. The number of fused-ring (bicyclic) bond motifs is 2. The predicted octanol–water partition coefficient (Wildman–Crippen LogP) is 2.45. The second-order valence-electron chi connectivity index (χ2n) is 10.9. The number of carbonyl (C=O) groups excluding carboxylic acids is 4. The standard InChI is InChI=1S/C26H41N3O7/c1-6-35-23(32)26-15-17(26)12-10-8-7-9-11-13-19(27-24(33)36-25(2,3)4)22(31)29-16-18(34-5)14-20(29)21(30)28-26/h10,12,17-20H,6-9,11,13-16H2,1-5H3,(H,27,33)(H,28,30)/b12-10-/t17-,18-,19+,20+,26-/m1/s1. The predicted molar refractivity (Wildman–Crippen MR) is 132 cm³/mol. The van der Waals surface area contributed by atoms with Crippen LogP contribution >= 0.6 is 0 Å². The third-order valence-corrected chi connectivity index (χ3v) is 6.90. The summed E-state index contributed by atoms with van der Waals surface area (Å²) in [6.07, 6.45) is 7.55. The molecule has 1 aliphatic carbocycles. The largest absolute Gasteiger partial charge is 0.464 e. The van der Waals surface area contributed by atoms with Crippen LogP contribution in [0.25, 0.3) is 0 Å². The van der Waals surface area contributed by atoms with E-state index >= 15 is 0 Å². The van der Waals surface area contributed by atoms with Crippen molar-refractivity contribution in [3.8, 4) is 0 Å². The maximum absolute atomic E-state index is 13.7. The Morgan fingerprint density at radius 1 is 1.22 bits per heavy atom. The van der Waals surface area contributed by atoms with Gasteiger partial charge in [0.1, 0.15) is 23.2 Å². The second kappa shape index (κ2) is 11.6. The van der Waals surface area contributed by atoms with Crippen LogP contribution in [-0.4, -0.2) is 78.4 Å². The summed E-state index contributed by atoms with van der Waals surface area (Å²) < 4.78 is 16.2. The lowest BCUT2D eigenvalue weighted by atomic mass is 10.0. The van der Waals surface area contributed by atoms with Gasteiger partial charge in [-0.3, -0.25) is 9.59 Å². The van der Waals surface area contributed by atoms with E-state index in [9.17, 15) is 19.2 Å². The molecule has 2 fully saturated rings. The summed E-state index contributed by atoms with van der Waals surface area (Å²) in [5.41, 5.74) is -1.82. The molecule has 1 saturated carbocycles. The van der Waals surface area contributed by atoms with Gasteiger partial charge in [0.15, 0.2) is 0 Å². The normalized spacial score (nSPS) is 32.2. The fourth-order valence-corrected chi connectivity index (χ4v) is 4.93. The lowest BCUT2D eigenvalue weighted by Crippen LogP contribution is -2.56. The Morgan fingerprint density at radius 3 is 2.64 bits per heavy atom. The molecule has 0 radical (unpaired) electrons. The Labute approximate surface area is 213 Å². The van der Waals surface area contributed by atoms with Crippen LogP contribution in [-0.2, 0) is 28.6 Å². The lowest BCUT2D eigenvalue weighted by Gasteiger charge is -2.30. The van der Waals surface area contributed by atoms with E-state index in [1.165, 1.54) is 12.0 Å². The van der Waals surface area contributed by atoms with Gasteiger partial charge in [-0.15, -0.1) is 0 Å². The van der Waals surface area contributed by atoms with E-state index in [0.29, 0.717) is 19.3 Å². The summed E-state index contributed by atoms with van der Waals surface area (Å²) in [5.74, 6) is -1.37. The Morgan fingerprint density at radius 2 is 1.97 bits per heavy atom. The zero-order chi connectivity index (χ0) is 26.5. The van der Waals surface area contributed by atoms with Gasteiger partial charge in [-0.2, -0.15) is 0 Å². The van der Waals surface area contributed by atoms with Crippen molar-refractivity contribution < 1.29 is 33.4 Å². The lowest BCUT2D eigenvalue weighted by molar-refractivity contribution is -0.150. The Kier molecular flexibility index (Phi) is 9.03. The first-order valence-electron chi connectivity index (χ1n) is 13.0. The van der Waals surface area contributed by atoms with Crippen LogP contribution in [0.3, 0.4) is 0 Å². The van der Waals surface area contributed by atoms with Crippen molar-refractivity contribution >= 4 is 23.9 Å². The fraction of sp³-hybridized carbons (Fsp3) is 0.769. The highest BCUT2D eigenvalue weighted by Crippen LogP contribution is 2.46. The zero-order valence-corrected chi connectivity index (χ0v) is 22.1. The Bertz CT molecular complexity index is 868. The Balaban J connectivity index is 1.86. The molecule has 2 aliphatic heterocycles. The molecular weight excluding hydrogens is 466 g/mol.